The molecule has 0 atom stereocenters. The van der Waals surface area contributed by atoms with Gasteiger partial charge in [-0.05, 0) is 99.7 Å². The van der Waals surface area contributed by atoms with E-state index in [0.29, 0.717) is 17.5 Å². The Morgan fingerprint density at radius 3 is 2.38 bits per heavy atom. The highest BCUT2D eigenvalue weighted by atomic mass is 16.6. The van der Waals surface area contributed by atoms with Crippen LogP contribution in [0.4, 0.5) is 17.1 Å². The molecule has 2 aliphatic carbocycles. The van der Waals surface area contributed by atoms with Crippen LogP contribution in [-0.4, -0.2) is 29.2 Å². The summed E-state index contributed by atoms with van der Waals surface area (Å²) in [5.41, 5.74) is 3.82. The maximum Gasteiger partial charge on any atom is 0.337 e. The summed E-state index contributed by atoms with van der Waals surface area (Å²) in [4.78, 5) is 24.4. The Morgan fingerprint density at radius 2 is 1.75 bits per heavy atom. The first-order chi connectivity index (χ1) is 15.2. The zero-order valence-electron chi connectivity index (χ0n) is 19.0. The second-order valence-corrected chi connectivity index (χ2v) is 9.97. The molecule has 6 heteroatoms. The maximum atomic E-state index is 12.5. The van der Waals surface area contributed by atoms with Crippen LogP contribution in [0, 0.1) is 5.92 Å². The topological polar surface area (TPSA) is 87.7 Å². The first-order valence-corrected chi connectivity index (χ1v) is 11.4. The molecule has 0 aromatic heterocycles. The largest absolute Gasteiger partial charge is 0.478 e. The van der Waals surface area contributed by atoms with Gasteiger partial charge in [0, 0.05) is 17.9 Å². The number of nitrogens with one attached hydrogen (secondary N) is 2. The van der Waals surface area contributed by atoms with Crippen LogP contribution in [0.1, 0.15) is 73.9 Å². The smallest absolute Gasteiger partial charge is 0.337 e. The van der Waals surface area contributed by atoms with Crippen molar-refractivity contribution in [3.8, 4) is 0 Å². The van der Waals surface area contributed by atoms with E-state index in [0.717, 1.165) is 41.9 Å². The van der Waals surface area contributed by atoms with Crippen LogP contribution < -0.4 is 10.6 Å². The van der Waals surface area contributed by atoms with E-state index in [1.165, 1.54) is 12.8 Å². The molecular formula is C26H32N2O4. The van der Waals surface area contributed by atoms with Crippen molar-refractivity contribution in [2.45, 2.75) is 64.4 Å². The number of carbonyl (C=O) groups is 2. The van der Waals surface area contributed by atoms with Crippen molar-refractivity contribution in [1.29, 1.82) is 0 Å². The molecule has 0 radical (unpaired) electrons. The quantitative estimate of drug-likeness (QED) is 0.436. The highest BCUT2D eigenvalue weighted by Crippen LogP contribution is 2.41. The van der Waals surface area contributed by atoms with Crippen LogP contribution in [0.25, 0.3) is 0 Å². The molecule has 2 fully saturated rings. The number of benzene rings is 2. The van der Waals surface area contributed by atoms with Crippen molar-refractivity contribution in [2.75, 3.05) is 17.2 Å². The second-order valence-electron chi connectivity index (χ2n) is 9.97. The van der Waals surface area contributed by atoms with Gasteiger partial charge in [0.05, 0.1) is 17.7 Å². The van der Waals surface area contributed by atoms with Gasteiger partial charge in [-0.25, -0.2) is 4.79 Å². The Labute approximate surface area is 189 Å². The predicted octanol–water partition coefficient (Wildman–Crippen LogP) is 5.71. The third-order valence-electron chi connectivity index (χ3n) is 5.74. The highest BCUT2D eigenvalue weighted by Gasteiger charge is 2.25. The summed E-state index contributed by atoms with van der Waals surface area (Å²) in [6, 6.07) is 11.4. The molecule has 6 nitrogen and oxygen atoms in total. The normalized spacial score (nSPS) is 15.8. The van der Waals surface area contributed by atoms with E-state index in [1.807, 2.05) is 51.1 Å². The highest BCUT2D eigenvalue weighted by molar-refractivity contribution is 5.95. The lowest BCUT2D eigenvalue weighted by Crippen LogP contribution is -2.25. The van der Waals surface area contributed by atoms with Crippen LogP contribution in [0.5, 0.6) is 0 Å². The Hall–Kier alpha value is -3.02. The average molecular weight is 437 g/mol. The van der Waals surface area contributed by atoms with E-state index in [1.54, 1.807) is 6.07 Å². The molecule has 2 saturated carbocycles. The van der Waals surface area contributed by atoms with Crippen LogP contribution in [-0.2, 0) is 16.0 Å². The number of anilines is 3. The summed E-state index contributed by atoms with van der Waals surface area (Å²) in [6.45, 7) is 6.45. The molecule has 0 unspecified atom stereocenters. The van der Waals surface area contributed by atoms with Crippen LogP contribution >= 0.6 is 0 Å². The lowest BCUT2D eigenvalue weighted by Gasteiger charge is -2.21. The van der Waals surface area contributed by atoms with E-state index in [9.17, 15) is 14.7 Å². The fraction of sp³-hybridized carbons (Fsp3) is 0.462. The SMILES string of the molecule is CC(C)(C)OC(=O)Cc1cc(Nc2ccc(C3CC3)cc2C(=O)O)ccc1NCC1CC1. The first kappa shape index (κ1) is 22.2. The predicted molar refractivity (Wildman–Crippen MR) is 126 cm³/mol. The zero-order valence-corrected chi connectivity index (χ0v) is 19.0. The Morgan fingerprint density at radius 1 is 1.03 bits per heavy atom. The maximum absolute atomic E-state index is 12.5. The van der Waals surface area contributed by atoms with Gasteiger partial charge in [0.1, 0.15) is 5.60 Å². The van der Waals surface area contributed by atoms with Gasteiger partial charge < -0.3 is 20.5 Å². The molecule has 2 aromatic rings. The molecule has 2 aliphatic rings. The molecular weight excluding hydrogens is 404 g/mol. The third kappa shape index (κ3) is 6.02. The van der Waals surface area contributed by atoms with Gasteiger partial charge in [0.25, 0.3) is 0 Å². The van der Waals surface area contributed by atoms with Crippen LogP contribution in [0.2, 0.25) is 0 Å². The number of aromatic carboxylic acids is 1. The van der Waals surface area contributed by atoms with E-state index in [4.69, 9.17) is 4.74 Å². The fourth-order valence-corrected chi connectivity index (χ4v) is 3.77. The number of hydrogen-bond acceptors (Lipinski definition) is 5. The first-order valence-electron chi connectivity index (χ1n) is 11.4. The zero-order chi connectivity index (χ0) is 22.9. The molecule has 170 valence electrons. The number of ether oxygens (including phenoxy) is 1. The van der Waals surface area contributed by atoms with Gasteiger partial charge in [-0.15, -0.1) is 0 Å². The molecule has 0 bridgehead atoms. The summed E-state index contributed by atoms with van der Waals surface area (Å²) >= 11 is 0. The van der Waals surface area contributed by atoms with Gasteiger partial charge in [-0.2, -0.15) is 0 Å². The van der Waals surface area contributed by atoms with Gasteiger partial charge in [0.2, 0.25) is 0 Å². The van der Waals surface area contributed by atoms with E-state index < -0.39 is 11.6 Å². The molecule has 3 N–H and O–H groups in total. The van der Waals surface area contributed by atoms with Crippen molar-refractivity contribution in [3.05, 3.63) is 53.1 Å². The molecule has 0 aliphatic heterocycles. The van der Waals surface area contributed by atoms with E-state index in [-0.39, 0.29) is 18.0 Å². The van der Waals surface area contributed by atoms with Gasteiger partial charge in [-0.3, -0.25) is 4.79 Å². The number of esters is 1. The van der Waals surface area contributed by atoms with Gasteiger partial charge >= 0.3 is 11.9 Å². The van der Waals surface area contributed by atoms with E-state index in [2.05, 4.69) is 10.6 Å². The molecule has 0 spiro atoms. The summed E-state index contributed by atoms with van der Waals surface area (Å²) in [7, 11) is 0. The van der Waals surface area contributed by atoms with Gasteiger partial charge in [0.15, 0.2) is 0 Å². The molecule has 2 aromatic carbocycles. The lowest BCUT2D eigenvalue weighted by molar-refractivity contribution is -0.153. The summed E-state index contributed by atoms with van der Waals surface area (Å²) < 4.78 is 5.52. The summed E-state index contributed by atoms with van der Waals surface area (Å²) in [6.07, 6.45) is 4.86. The number of carbonyl (C=O) groups excluding carboxylic acids is 1. The monoisotopic (exact) mass is 436 g/mol. The van der Waals surface area contributed by atoms with Crippen molar-refractivity contribution < 1.29 is 19.4 Å². The molecule has 0 amide bonds. The average Bonchev–Trinajstić information content (AvgIpc) is 3.60. The Bertz CT molecular complexity index is 1020. The minimum absolute atomic E-state index is 0.145. The minimum atomic E-state index is -0.952. The van der Waals surface area contributed by atoms with E-state index >= 15 is 0 Å². The van der Waals surface area contributed by atoms with Crippen molar-refractivity contribution >= 4 is 29.0 Å². The van der Waals surface area contributed by atoms with Gasteiger partial charge in [-0.1, -0.05) is 6.07 Å². The van der Waals surface area contributed by atoms with Crippen molar-refractivity contribution in [3.63, 3.8) is 0 Å². The van der Waals surface area contributed by atoms with Crippen molar-refractivity contribution in [1.82, 2.24) is 0 Å². The fourth-order valence-electron chi connectivity index (χ4n) is 3.77. The molecule has 32 heavy (non-hydrogen) atoms. The van der Waals surface area contributed by atoms with Crippen LogP contribution in [0.3, 0.4) is 0 Å². The number of carboxylic acid groups (broad SMARTS) is 1. The minimum Gasteiger partial charge on any atom is -0.478 e. The molecule has 0 saturated heterocycles. The number of carboxylic acids is 1. The second kappa shape index (κ2) is 8.85. The number of rotatable bonds is 9. The Balaban J connectivity index is 1.57. The summed E-state index contributed by atoms with van der Waals surface area (Å²) in [5, 5.41) is 16.4. The third-order valence-corrected chi connectivity index (χ3v) is 5.74. The van der Waals surface area contributed by atoms with Crippen molar-refractivity contribution in [2.24, 2.45) is 5.92 Å². The molecule has 4 rings (SSSR count). The number of hydrogen-bond donors (Lipinski definition) is 3. The summed E-state index contributed by atoms with van der Waals surface area (Å²) in [5.74, 6) is -0.0551. The molecule has 0 heterocycles. The standard InChI is InChI=1S/C26H32N2O4/c1-26(2,3)32-24(29)14-19-12-20(9-11-22(19)27-15-16-4-5-16)28-23-10-8-18(17-6-7-17)13-21(23)25(30)31/h8-13,16-17,27-28H,4-7,14-15H2,1-3H3,(H,30,31). The lowest BCUT2D eigenvalue weighted by atomic mass is 10.0. The Kier molecular flexibility index (Phi) is 6.13. The van der Waals surface area contributed by atoms with Crippen LogP contribution in [0.15, 0.2) is 36.4 Å².